The van der Waals surface area contributed by atoms with Crippen molar-refractivity contribution in [2.45, 2.75) is 6.04 Å². The number of rotatable bonds is 3. The van der Waals surface area contributed by atoms with Gasteiger partial charge in [0, 0.05) is 16.8 Å². The van der Waals surface area contributed by atoms with E-state index in [9.17, 15) is 19.1 Å². The average Bonchev–Trinajstić information content (AvgIpc) is 3.32. The molecule has 1 unspecified atom stereocenters. The first kappa shape index (κ1) is 21.5. The van der Waals surface area contributed by atoms with Crippen LogP contribution in [0.15, 0.2) is 66.4 Å². The van der Waals surface area contributed by atoms with Gasteiger partial charge >= 0.3 is 5.91 Å². The van der Waals surface area contributed by atoms with Crippen molar-refractivity contribution in [1.82, 2.24) is 9.97 Å². The van der Waals surface area contributed by atoms with Crippen LogP contribution in [0, 0.1) is 5.82 Å². The van der Waals surface area contributed by atoms with Gasteiger partial charge in [-0.3, -0.25) is 19.5 Å². The SMILES string of the molecule is O=C1C(=O)N(c2nc3cc(Cl)c(F)cc3s2)C(c2ccccn2)/C1=C(\O)c1ccc(Cl)cc1. The summed E-state index contributed by atoms with van der Waals surface area (Å²) in [6, 6.07) is 12.8. The van der Waals surface area contributed by atoms with Gasteiger partial charge in [0.2, 0.25) is 0 Å². The third-order valence-electron chi connectivity index (χ3n) is 5.16. The third kappa shape index (κ3) is 3.66. The number of aliphatic hydroxyl groups excluding tert-OH is 1. The minimum atomic E-state index is -1.04. The van der Waals surface area contributed by atoms with Gasteiger partial charge in [-0.1, -0.05) is 40.6 Å². The number of aliphatic hydroxyl groups is 1. The summed E-state index contributed by atoms with van der Waals surface area (Å²) < 4.78 is 14.4. The highest BCUT2D eigenvalue weighted by atomic mass is 35.5. The molecule has 0 spiro atoms. The zero-order chi connectivity index (χ0) is 23.3. The minimum Gasteiger partial charge on any atom is -0.507 e. The number of halogens is 3. The highest BCUT2D eigenvalue weighted by Crippen LogP contribution is 2.44. The summed E-state index contributed by atoms with van der Waals surface area (Å²) >= 11 is 12.8. The number of thiazole rings is 1. The molecule has 3 heterocycles. The number of anilines is 1. The number of hydrogen-bond donors (Lipinski definition) is 1. The van der Waals surface area contributed by atoms with E-state index in [0.29, 0.717) is 26.5 Å². The van der Waals surface area contributed by atoms with Gasteiger partial charge in [0.1, 0.15) is 17.6 Å². The molecule has 10 heteroatoms. The Balaban J connectivity index is 1.72. The van der Waals surface area contributed by atoms with Crippen LogP contribution in [0.3, 0.4) is 0 Å². The average molecular weight is 500 g/mol. The molecule has 1 amide bonds. The van der Waals surface area contributed by atoms with E-state index in [1.165, 1.54) is 23.2 Å². The fourth-order valence-corrected chi connectivity index (χ4v) is 4.91. The van der Waals surface area contributed by atoms with E-state index in [2.05, 4.69) is 9.97 Å². The standard InChI is InChI=1S/C23H12Cl2FN3O3S/c24-12-6-4-11(5-7-12)20(30)18-19(15-3-1-2-8-27-15)29(22(32)21(18)31)23-28-16-9-13(25)14(26)10-17(16)33-23/h1-10,19,30H/b20-18+. The summed E-state index contributed by atoms with van der Waals surface area (Å²) in [6.07, 6.45) is 1.52. The number of amides is 1. The van der Waals surface area contributed by atoms with Crippen LogP contribution in [0.25, 0.3) is 16.0 Å². The second kappa shape index (κ2) is 8.22. The highest BCUT2D eigenvalue weighted by molar-refractivity contribution is 7.22. The number of Topliss-reactive ketones (excluding diaryl/α,β-unsaturated/α-hetero) is 1. The Bertz CT molecular complexity index is 1420. The first-order valence-corrected chi connectivity index (χ1v) is 11.2. The van der Waals surface area contributed by atoms with Crippen molar-refractivity contribution in [2.75, 3.05) is 4.90 Å². The van der Waals surface area contributed by atoms with E-state index in [0.717, 1.165) is 11.3 Å². The Labute approximate surface area is 200 Å². The molecule has 0 radical (unpaired) electrons. The van der Waals surface area contributed by atoms with E-state index < -0.39 is 23.5 Å². The number of benzene rings is 2. The lowest BCUT2D eigenvalue weighted by molar-refractivity contribution is -0.132. The number of aromatic nitrogens is 2. The van der Waals surface area contributed by atoms with Gasteiger partial charge in [-0.05, 0) is 48.5 Å². The molecule has 1 N–H and O–H groups in total. The fourth-order valence-electron chi connectivity index (χ4n) is 3.63. The minimum absolute atomic E-state index is 0.106. The first-order chi connectivity index (χ1) is 15.8. The monoisotopic (exact) mass is 499 g/mol. The first-order valence-electron chi connectivity index (χ1n) is 9.58. The number of fused-ring (bicyclic) bond motifs is 1. The van der Waals surface area contributed by atoms with Gasteiger partial charge in [-0.2, -0.15) is 0 Å². The van der Waals surface area contributed by atoms with Crippen LogP contribution < -0.4 is 4.90 Å². The van der Waals surface area contributed by atoms with Gasteiger partial charge in [0.25, 0.3) is 5.78 Å². The van der Waals surface area contributed by atoms with Crippen molar-refractivity contribution >= 4 is 67.3 Å². The van der Waals surface area contributed by atoms with Gasteiger partial charge in [0.05, 0.1) is 26.5 Å². The summed E-state index contributed by atoms with van der Waals surface area (Å²) in [7, 11) is 0. The van der Waals surface area contributed by atoms with Crippen molar-refractivity contribution < 1.29 is 19.1 Å². The number of carbonyl (C=O) groups excluding carboxylic acids is 2. The molecule has 5 rings (SSSR count). The Hall–Kier alpha value is -3.33. The number of pyridine rings is 1. The molecule has 1 fully saturated rings. The zero-order valence-electron chi connectivity index (χ0n) is 16.5. The van der Waals surface area contributed by atoms with E-state index in [4.69, 9.17) is 23.2 Å². The smallest absolute Gasteiger partial charge is 0.301 e. The second-order valence-electron chi connectivity index (χ2n) is 7.16. The Morgan fingerprint density at radius 2 is 1.85 bits per heavy atom. The van der Waals surface area contributed by atoms with Crippen molar-refractivity contribution in [3.05, 3.63) is 93.5 Å². The summed E-state index contributed by atoms with van der Waals surface area (Å²) in [4.78, 5) is 36.1. The van der Waals surface area contributed by atoms with Crippen LogP contribution in [-0.4, -0.2) is 26.8 Å². The molecule has 2 aromatic carbocycles. The zero-order valence-corrected chi connectivity index (χ0v) is 18.8. The van der Waals surface area contributed by atoms with Crippen LogP contribution in [0.4, 0.5) is 9.52 Å². The van der Waals surface area contributed by atoms with E-state index in [1.54, 1.807) is 42.5 Å². The molecule has 1 atom stereocenters. The molecule has 4 aromatic rings. The van der Waals surface area contributed by atoms with Crippen molar-refractivity contribution in [2.24, 2.45) is 0 Å². The molecular formula is C23H12Cl2FN3O3S. The number of ketones is 1. The Morgan fingerprint density at radius 1 is 1.09 bits per heavy atom. The van der Waals surface area contributed by atoms with Gasteiger partial charge in [-0.15, -0.1) is 0 Å². The maximum absolute atomic E-state index is 14.0. The molecule has 1 aliphatic heterocycles. The predicted octanol–water partition coefficient (Wildman–Crippen LogP) is 5.76. The van der Waals surface area contributed by atoms with Crippen LogP contribution in [-0.2, 0) is 9.59 Å². The lowest BCUT2D eigenvalue weighted by atomic mass is 9.98. The van der Waals surface area contributed by atoms with Gasteiger partial charge < -0.3 is 5.11 Å². The highest BCUT2D eigenvalue weighted by Gasteiger charge is 2.48. The molecule has 1 aliphatic rings. The summed E-state index contributed by atoms with van der Waals surface area (Å²) in [6.45, 7) is 0. The largest absolute Gasteiger partial charge is 0.507 e. The lowest BCUT2D eigenvalue weighted by Crippen LogP contribution is -2.29. The molecule has 0 aliphatic carbocycles. The van der Waals surface area contributed by atoms with E-state index in [1.807, 2.05) is 0 Å². The normalized spacial score (nSPS) is 17.8. The predicted molar refractivity (Wildman–Crippen MR) is 125 cm³/mol. The summed E-state index contributed by atoms with van der Waals surface area (Å²) in [5.74, 6) is -2.75. The summed E-state index contributed by atoms with van der Waals surface area (Å²) in [5.41, 5.74) is 0.914. The molecule has 6 nitrogen and oxygen atoms in total. The Kier molecular flexibility index (Phi) is 5.36. The molecule has 0 bridgehead atoms. The maximum atomic E-state index is 14.0. The molecule has 1 saturated heterocycles. The van der Waals surface area contributed by atoms with E-state index in [-0.39, 0.29) is 21.5 Å². The van der Waals surface area contributed by atoms with Crippen LogP contribution >= 0.6 is 34.5 Å². The molecule has 2 aromatic heterocycles. The fraction of sp³-hybridized carbons (Fsp3) is 0.0435. The van der Waals surface area contributed by atoms with Crippen LogP contribution in [0.2, 0.25) is 10.0 Å². The van der Waals surface area contributed by atoms with Crippen LogP contribution in [0.5, 0.6) is 0 Å². The number of nitrogens with zero attached hydrogens (tertiary/aromatic N) is 3. The molecular weight excluding hydrogens is 488 g/mol. The number of hydrogen-bond acceptors (Lipinski definition) is 6. The van der Waals surface area contributed by atoms with Crippen molar-refractivity contribution in [3.63, 3.8) is 0 Å². The second-order valence-corrected chi connectivity index (χ2v) is 9.01. The molecule has 33 heavy (non-hydrogen) atoms. The quantitative estimate of drug-likeness (QED) is 0.220. The van der Waals surface area contributed by atoms with E-state index >= 15 is 0 Å². The van der Waals surface area contributed by atoms with Gasteiger partial charge in [0.15, 0.2) is 5.13 Å². The van der Waals surface area contributed by atoms with Crippen LogP contribution in [0.1, 0.15) is 17.3 Å². The molecule has 164 valence electrons. The summed E-state index contributed by atoms with van der Waals surface area (Å²) in [5, 5.41) is 11.5. The molecule has 0 saturated carbocycles. The number of carbonyl (C=O) groups is 2. The van der Waals surface area contributed by atoms with Crippen molar-refractivity contribution in [3.8, 4) is 0 Å². The third-order valence-corrected chi connectivity index (χ3v) is 6.71. The Morgan fingerprint density at radius 3 is 2.55 bits per heavy atom. The topological polar surface area (TPSA) is 83.4 Å². The van der Waals surface area contributed by atoms with Gasteiger partial charge in [-0.25, -0.2) is 9.37 Å². The lowest BCUT2D eigenvalue weighted by Gasteiger charge is -2.21. The van der Waals surface area contributed by atoms with Crippen molar-refractivity contribution in [1.29, 1.82) is 0 Å². The maximum Gasteiger partial charge on any atom is 0.301 e.